The molecule has 4 atom stereocenters. The summed E-state index contributed by atoms with van der Waals surface area (Å²) in [7, 11) is 0. The summed E-state index contributed by atoms with van der Waals surface area (Å²) < 4.78 is 0. The molecule has 0 radical (unpaired) electrons. The molecule has 1 rings (SSSR count). The number of carboxylic acids is 2. The number of nitrogens with one attached hydrogen (secondary N) is 3. The summed E-state index contributed by atoms with van der Waals surface area (Å²) in [6.07, 6.45) is 3.62. The number of H-pyrrole nitrogens is 1. The van der Waals surface area contributed by atoms with E-state index >= 15 is 0 Å². The quantitative estimate of drug-likeness (QED) is 0.0950. The number of aliphatic imine (C=N–C) groups is 1. The lowest BCUT2D eigenvalue weighted by Gasteiger charge is -2.26. The molecule has 0 fully saturated rings. The Kier molecular flexibility index (Phi) is 9.55. The van der Waals surface area contributed by atoms with E-state index in [1.807, 2.05) is 0 Å². The van der Waals surface area contributed by atoms with Crippen molar-refractivity contribution in [3.05, 3.63) is 18.2 Å². The Morgan fingerprint density at radius 2 is 1.97 bits per heavy atom. The van der Waals surface area contributed by atoms with Gasteiger partial charge in [-0.25, -0.2) is 9.78 Å². The van der Waals surface area contributed by atoms with E-state index in [-0.39, 0.29) is 25.3 Å². The normalized spacial score (nSPS) is 15.0. The average molecular weight is 412 g/mol. The summed E-state index contributed by atoms with van der Waals surface area (Å²) in [4.78, 5) is 45.7. The molecule has 0 aliphatic rings. The van der Waals surface area contributed by atoms with Gasteiger partial charge in [0.05, 0.1) is 12.4 Å². The van der Waals surface area contributed by atoms with Crippen LogP contribution in [0, 0.1) is 0 Å². The van der Waals surface area contributed by atoms with Crippen LogP contribution in [0.15, 0.2) is 17.5 Å². The predicted octanol–water partition coefficient (Wildman–Crippen LogP) is -2.67. The maximum Gasteiger partial charge on any atom is 0.327 e. The Hall–Kier alpha value is -3.19. The number of nitrogens with two attached hydrogens (primary N) is 3. The van der Waals surface area contributed by atoms with Gasteiger partial charge in [-0.05, 0) is 19.8 Å². The van der Waals surface area contributed by atoms with Crippen molar-refractivity contribution in [2.24, 2.45) is 22.2 Å². The largest absolute Gasteiger partial charge is 0.480 e. The van der Waals surface area contributed by atoms with Crippen LogP contribution in [0.1, 0.15) is 25.5 Å². The summed E-state index contributed by atoms with van der Waals surface area (Å²) in [6.45, 7) is 1.75. The molecular weight excluding hydrogens is 384 g/mol. The van der Waals surface area contributed by atoms with E-state index in [1.165, 1.54) is 19.4 Å². The highest BCUT2D eigenvalue weighted by Gasteiger charge is 2.31. The molecule has 162 valence electrons. The van der Waals surface area contributed by atoms with E-state index in [9.17, 15) is 24.6 Å². The van der Waals surface area contributed by atoms with Crippen LogP contribution in [0.2, 0.25) is 0 Å². The number of aliphatic carboxylic acids is 2. The smallest absolute Gasteiger partial charge is 0.327 e. The summed E-state index contributed by atoms with van der Waals surface area (Å²) in [5, 5.41) is 23.9. The molecule has 0 bridgehead atoms. The number of amides is 1. The second-order valence-electron chi connectivity index (χ2n) is 6.51. The minimum Gasteiger partial charge on any atom is -0.480 e. The van der Waals surface area contributed by atoms with Crippen molar-refractivity contribution in [1.29, 1.82) is 0 Å². The third-order valence-electron chi connectivity index (χ3n) is 4.11. The first-order chi connectivity index (χ1) is 13.6. The summed E-state index contributed by atoms with van der Waals surface area (Å²) in [5.74, 6) is -3.23. The number of hydrogen-bond acceptors (Lipinski definition) is 7. The molecule has 0 spiro atoms. The van der Waals surface area contributed by atoms with Crippen LogP contribution in [-0.2, 0) is 20.8 Å². The van der Waals surface area contributed by atoms with Gasteiger partial charge in [0.2, 0.25) is 5.91 Å². The third-order valence-corrected chi connectivity index (χ3v) is 4.11. The Balaban J connectivity index is 2.66. The number of guanidine groups is 1. The van der Waals surface area contributed by atoms with Crippen LogP contribution >= 0.6 is 0 Å². The number of aromatic amines is 1. The van der Waals surface area contributed by atoms with Crippen LogP contribution in [0.3, 0.4) is 0 Å². The molecule has 0 aliphatic heterocycles. The van der Waals surface area contributed by atoms with Crippen molar-refractivity contribution in [1.82, 2.24) is 20.6 Å². The summed E-state index contributed by atoms with van der Waals surface area (Å²) in [5.41, 5.74) is 16.8. The average Bonchev–Trinajstić information content (AvgIpc) is 3.14. The molecule has 1 aromatic rings. The van der Waals surface area contributed by atoms with Gasteiger partial charge in [0, 0.05) is 30.9 Å². The fourth-order valence-electron chi connectivity index (χ4n) is 2.56. The topological polar surface area (TPSA) is 235 Å². The zero-order valence-electron chi connectivity index (χ0n) is 16.0. The summed E-state index contributed by atoms with van der Waals surface area (Å²) in [6, 6.07) is -4.32. The third kappa shape index (κ3) is 8.57. The van der Waals surface area contributed by atoms with Gasteiger partial charge in [-0.1, -0.05) is 0 Å². The van der Waals surface area contributed by atoms with Crippen LogP contribution < -0.4 is 27.8 Å². The van der Waals surface area contributed by atoms with Crippen molar-refractivity contribution < 1.29 is 24.6 Å². The maximum atomic E-state index is 12.2. The molecule has 0 unspecified atom stereocenters. The number of carboxylic acid groups (broad SMARTS) is 2. The molecule has 13 heteroatoms. The van der Waals surface area contributed by atoms with E-state index in [4.69, 9.17) is 17.2 Å². The van der Waals surface area contributed by atoms with Gasteiger partial charge in [0.15, 0.2) is 5.96 Å². The van der Waals surface area contributed by atoms with E-state index in [0.717, 1.165) is 0 Å². The molecule has 11 N–H and O–H groups in total. The highest BCUT2D eigenvalue weighted by Crippen LogP contribution is 2.04. The van der Waals surface area contributed by atoms with Crippen molar-refractivity contribution in [2.45, 2.75) is 50.4 Å². The minimum atomic E-state index is -1.38. The molecule has 0 saturated heterocycles. The van der Waals surface area contributed by atoms with Gasteiger partial charge in [-0.15, -0.1) is 0 Å². The van der Waals surface area contributed by atoms with Crippen LogP contribution in [0.5, 0.6) is 0 Å². The monoisotopic (exact) mass is 412 g/mol. The fraction of sp³-hybridized carbons (Fsp3) is 0.562. The number of hydrogen-bond donors (Lipinski definition) is 8. The van der Waals surface area contributed by atoms with Gasteiger partial charge in [0.1, 0.15) is 12.1 Å². The Labute approximate surface area is 167 Å². The highest BCUT2D eigenvalue weighted by molar-refractivity contribution is 5.87. The van der Waals surface area contributed by atoms with E-state index < -0.39 is 42.0 Å². The van der Waals surface area contributed by atoms with Gasteiger partial charge >= 0.3 is 11.9 Å². The Morgan fingerprint density at radius 3 is 2.48 bits per heavy atom. The Morgan fingerprint density at radius 1 is 1.28 bits per heavy atom. The molecule has 13 nitrogen and oxygen atoms in total. The van der Waals surface area contributed by atoms with Crippen LogP contribution in [-0.4, -0.2) is 74.7 Å². The zero-order valence-corrected chi connectivity index (χ0v) is 16.0. The number of nitrogens with zero attached hydrogens (tertiary/aromatic N) is 2. The molecule has 1 aromatic heterocycles. The summed E-state index contributed by atoms with van der Waals surface area (Å²) >= 11 is 0. The second kappa shape index (κ2) is 11.6. The first kappa shape index (κ1) is 23.8. The molecule has 0 aliphatic carbocycles. The van der Waals surface area contributed by atoms with Crippen molar-refractivity contribution >= 4 is 23.8 Å². The van der Waals surface area contributed by atoms with Crippen molar-refractivity contribution in [2.75, 3.05) is 6.54 Å². The predicted molar refractivity (Wildman–Crippen MR) is 104 cm³/mol. The highest BCUT2D eigenvalue weighted by atomic mass is 16.4. The maximum absolute atomic E-state index is 12.2. The van der Waals surface area contributed by atoms with E-state index in [1.54, 1.807) is 0 Å². The SMILES string of the molecule is C[C@@H](N[C@@H](Cc1cnc[nH]1)C(=O)O)[C@H](NC(=O)[C@@H](N)CCCN=C(N)N)C(=O)O. The molecule has 1 heterocycles. The van der Waals surface area contributed by atoms with Gasteiger partial charge in [0.25, 0.3) is 0 Å². The molecule has 29 heavy (non-hydrogen) atoms. The minimum absolute atomic E-state index is 0.0598. The number of carbonyl (C=O) groups excluding carboxylic acids is 1. The number of carbonyl (C=O) groups is 3. The number of aromatic nitrogens is 2. The lowest BCUT2D eigenvalue weighted by Crippen LogP contribution is -2.59. The lowest BCUT2D eigenvalue weighted by atomic mass is 10.1. The molecular formula is C16H28N8O5. The number of rotatable bonds is 13. The van der Waals surface area contributed by atoms with Gasteiger partial charge in [-0.3, -0.25) is 19.9 Å². The first-order valence-electron chi connectivity index (χ1n) is 8.92. The van der Waals surface area contributed by atoms with E-state index in [0.29, 0.717) is 12.1 Å². The van der Waals surface area contributed by atoms with Crippen molar-refractivity contribution in [3.63, 3.8) is 0 Å². The van der Waals surface area contributed by atoms with Gasteiger partial charge < -0.3 is 37.7 Å². The molecule has 0 saturated carbocycles. The Bertz CT molecular complexity index is 704. The van der Waals surface area contributed by atoms with Crippen LogP contribution in [0.25, 0.3) is 0 Å². The zero-order chi connectivity index (χ0) is 22.0. The van der Waals surface area contributed by atoms with Crippen molar-refractivity contribution in [3.8, 4) is 0 Å². The molecule has 0 aromatic carbocycles. The first-order valence-corrected chi connectivity index (χ1v) is 8.92. The van der Waals surface area contributed by atoms with E-state index in [2.05, 4.69) is 25.6 Å². The van der Waals surface area contributed by atoms with Crippen LogP contribution in [0.4, 0.5) is 0 Å². The standard InChI is InChI=1S/C16H28N8O5/c1-8(23-11(14(26)27)5-9-6-20-7-22-9)12(15(28)29)24-13(25)10(17)3-2-4-21-16(18)19/h6-8,10-12,23H,2-5,17H2,1H3,(H,20,22)(H,24,25)(H,26,27)(H,28,29)(H4,18,19,21)/t8-,10+,11+,12+/m1/s1. The molecule has 1 amide bonds. The fourth-order valence-corrected chi connectivity index (χ4v) is 2.56. The lowest BCUT2D eigenvalue weighted by molar-refractivity contribution is -0.144. The second-order valence-corrected chi connectivity index (χ2v) is 6.51. The van der Waals surface area contributed by atoms with Gasteiger partial charge in [-0.2, -0.15) is 0 Å². The number of imidazole rings is 1.